The molecule has 0 rings (SSSR count). The molecule has 0 aromatic heterocycles. The van der Waals surface area contributed by atoms with E-state index in [1.165, 1.54) is 0 Å². The number of nitrogens with one attached hydrogen (secondary N) is 2. The number of aliphatic carboxylic acids is 1. The van der Waals surface area contributed by atoms with E-state index in [0.29, 0.717) is 19.5 Å². The molecule has 0 aromatic carbocycles. The Morgan fingerprint density at radius 2 is 2.08 bits per heavy atom. The number of carbonyl (C=O) groups is 2. The smallest absolute Gasteiger partial charge is 0.303 e. The molecule has 0 aliphatic rings. The predicted octanol–water partition coefficient (Wildman–Crippen LogP) is -0.423. The molecular weight excluding hydrogens is 172 g/mol. The Bertz CT molecular complexity index is 171. The average Bonchev–Trinajstić information content (AvgIpc) is 2.03. The highest BCUT2D eigenvalue weighted by atomic mass is 16.4. The van der Waals surface area contributed by atoms with Crippen LogP contribution >= 0.6 is 0 Å². The first-order chi connectivity index (χ1) is 6.16. The fourth-order valence-corrected chi connectivity index (χ4v) is 0.826. The number of rotatable bonds is 7. The second kappa shape index (κ2) is 7.54. The van der Waals surface area contributed by atoms with Crippen molar-refractivity contribution in [1.82, 2.24) is 10.6 Å². The average molecular weight is 188 g/mol. The molecule has 0 radical (unpaired) electrons. The van der Waals surface area contributed by atoms with Gasteiger partial charge < -0.3 is 15.7 Å². The van der Waals surface area contributed by atoms with Gasteiger partial charge in [0, 0.05) is 13.0 Å². The highest BCUT2D eigenvalue weighted by Crippen LogP contribution is 1.84. The number of carbonyl (C=O) groups excluding carboxylic acids is 1. The Morgan fingerprint density at radius 1 is 1.38 bits per heavy atom. The van der Waals surface area contributed by atoms with Crippen LogP contribution in [0.3, 0.4) is 0 Å². The van der Waals surface area contributed by atoms with Crippen LogP contribution in [0.15, 0.2) is 0 Å². The van der Waals surface area contributed by atoms with Crippen molar-refractivity contribution < 1.29 is 14.7 Å². The largest absolute Gasteiger partial charge is 0.481 e. The summed E-state index contributed by atoms with van der Waals surface area (Å²) in [6.45, 7) is 3.29. The third-order valence-electron chi connectivity index (χ3n) is 1.40. The van der Waals surface area contributed by atoms with Crippen LogP contribution in [0, 0.1) is 0 Å². The molecule has 0 aliphatic heterocycles. The van der Waals surface area contributed by atoms with Gasteiger partial charge in [-0.2, -0.15) is 0 Å². The van der Waals surface area contributed by atoms with Crippen molar-refractivity contribution in [2.24, 2.45) is 0 Å². The Morgan fingerprint density at radius 3 is 2.62 bits per heavy atom. The van der Waals surface area contributed by atoms with Crippen LogP contribution in [0.25, 0.3) is 0 Å². The fourth-order valence-electron chi connectivity index (χ4n) is 0.826. The van der Waals surface area contributed by atoms with Crippen molar-refractivity contribution in [3.05, 3.63) is 0 Å². The summed E-state index contributed by atoms with van der Waals surface area (Å²) in [4.78, 5) is 20.9. The van der Waals surface area contributed by atoms with Crippen molar-refractivity contribution in [3.63, 3.8) is 0 Å². The maximum atomic E-state index is 10.9. The number of hydrogen-bond acceptors (Lipinski definition) is 3. The van der Waals surface area contributed by atoms with Gasteiger partial charge >= 0.3 is 5.97 Å². The summed E-state index contributed by atoms with van der Waals surface area (Å²) in [5, 5.41) is 13.8. The lowest BCUT2D eigenvalue weighted by molar-refractivity contribution is -0.137. The van der Waals surface area contributed by atoms with Gasteiger partial charge in [-0.3, -0.25) is 9.59 Å². The van der Waals surface area contributed by atoms with Crippen LogP contribution in [-0.2, 0) is 9.59 Å². The molecule has 0 aromatic rings. The first-order valence-corrected chi connectivity index (χ1v) is 4.36. The predicted molar refractivity (Wildman–Crippen MR) is 48.4 cm³/mol. The van der Waals surface area contributed by atoms with Crippen LogP contribution in [0.4, 0.5) is 0 Å². The molecule has 0 aliphatic carbocycles. The van der Waals surface area contributed by atoms with Gasteiger partial charge in [0.05, 0.1) is 6.54 Å². The first-order valence-electron chi connectivity index (χ1n) is 4.36. The van der Waals surface area contributed by atoms with E-state index in [-0.39, 0.29) is 18.9 Å². The summed E-state index contributed by atoms with van der Waals surface area (Å²) < 4.78 is 0. The van der Waals surface area contributed by atoms with Crippen LogP contribution in [0.5, 0.6) is 0 Å². The molecule has 0 bridgehead atoms. The Hall–Kier alpha value is -1.10. The van der Waals surface area contributed by atoms with Gasteiger partial charge in [-0.25, -0.2) is 0 Å². The van der Waals surface area contributed by atoms with E-state index < -0.39 is 5.97 Å². The Kier molecular flexibility index (Phi) is 6.91. The van der Waals surface area contributed by atoms with Crippen LogP contribution in [-0.4, -0.2) is 36.6 Å². The van der Waals surface area contributed by atoms with Crippen molar-refractivity contribution in [3.8, 4) is 0 Å². The molecule has 0 saturated heterocycles. The van der Waals surface area contributed by atoms with Gasteiger partial charge in [0.25, 0.3) is 0 Å². The van der Waals surface area contributed by atoms with Crippen LogP contribution in [0.1, 0.15) is 19.8 Å². The summed E-state index contributed by atoms with van der Waals surface area (Å²) >= 11 is 0. The number of likely N-dealkylation sites (N-methyl/N-ethyl adjacent to an activating group) is 1. The number of hydrogen-bond donors (Lipinski definition) is 3. The highest BCUT2D eigenvalue weighted by molar-refractivity contribution is 5.77. The minimum atomic E-state index is -0.806. The summed E-state index contributed by atoms with van der Waals surface area (Å²) in [7, 11) is 0. The molecule has 0 saturated carbocycles. The van der Waals surface area contributed by atoms with E-state index in [9.17, 15) is 9.59 Å². The molecule has 13 heavy (non-hydrogen) atoms. The van der Waals surface area contributed by atoms with Gasteiger partial charge in [0.1, 0.15) is 0 Å². The van der Waals surface area contributed by atoms with E-state index in [2.05, 4.69) is 10.6 Å². The number of carboxylic acids is 1. The highest BCUT2D eigenvalue weighted by Gasteiger charge is 1.98. The maximum Gasteiger partial charge on any atom is 0.303 e. The lowest BCUT2D eigenvalue weighted by Gasteiger charge is -2.03. The summed E-state index contributed by atoms with van der Waals surface area (Å²) in [6.07, 6.45) is 0.692. The fraction of sp³-hybridized carbons (Fsp3) is 0.750. The van der Waals surface area contributed by atoms with E-state index in [1.807, 2.05) is 6.92 Å². The number of carboxylic acid groups (broad SMARTS) is 1. The Balaban J connectivity index is 3.16. The zero-order valence-corrected chi connectivity index (χ0v) is 7.80. The van der Waals surface area contributed by atoms with Crippen LogP contribution < -0.4 is 10.6 Å². The van der Waals surface area contributed by atoms with Gasteiger partial charge in [0.2, 0.25) is 5.91 Å². The minimum Gasteiger partial charge on any atom is -0.481 e. The van der Waals surface area contributed by atoms with Crippen LogP contribution in [0.2, 0.25) is 0 Å². The van der Waals surface area contributed by atoms with E-state index in [4.69, 9.17) is 5.11 Å². The topological polar surface area (TPSA) is 78.4 Å². The van der Waals surface area contributed by atoms with Gasteiger partial charge in [0.15, 0.2) is 0 Å². The van der Waals surface area contributed by atoms with Crippen molar-refractivity contribution >= 4 is 11.9 Å². The molecule has 0 unspecified atom stereocenters. The maximum absolute atomic E-state index is 10.9. The monoisotopic (exact) mass is 188 g/mol. The summed E-state index contributed by atoms with van der Waals surface area (Å²) in [5.74, 6) is -0.863. The number of amides is 1. The quantitative estimate of drug-likeness (QED) is 0.474. The molecule has 0 heterocycles. The molecular formula is C8H16N2O3. The molecule has 3 N–H and O–H groups in total. The lowest BCUT2D eigenvalue weighted by Crippen LogP contribution is -2.34. The molecule has 0 fully saturated rings. The summed E-state index contributed by atoms with van der Waals surface area (Å²) in [6, 6.07) is 0. The van der Waals surface area contributed by atoms with Gasteiger partial charge in [-0.05, 0) is 19.9 Å². The second-order valence-electron chi connectivity index (χ2n) is 2.63. The van der Waals surface area contributed by atoms with Gasteiger partial charge in [-0.1, -0.05) is 0 Å². The second-order valence-corrected chi connectivity index (χ2v) is 2.63. The molecule has 0 spiro atoms. The molecule has 0 atom stereocenters. The van der Waals surface area contributed by atoms with Gasteiger partial charge in [-0.15, -0.1) is 0 Å². The normalized spacial score (nSPS) is 9.62. The third-order valence-corrected chi connectivity index (χ3v) is 1.40. The van der Waals surface area contributed by atoms with Crippen molar-refractivity contribution in [2.75, 3.05) is 19.6 Å². The molecule has 1 amide bonds. The molecule has 76 valence electrons. The third kappa shape index (κ3) is 8.81. The molecule has 5 nitrogen and oxygen atoms in total. The van der Waals surface area contributed by atoms with E-state index in [0.717, 1.165) is 0 Å². The zero-order valence-electron chi connectivity index (χ0n) is 7.80. The van der Waals surface area contributed by atoms with E-state index in [1.54, 1.807) is 0 Å². The van der Waals surface area contributed by atoms with E-state index >= 15 is 0 Å². The zero-order chi connectivity index (χ0) is 10.1. The summed E-state index contributed by atoms with van der Waals surface area (Å²) in [5.41, 5.74) is 0. The van der Waals surface area contributed by atoms with Crippen molar-refractivity contribution in [1.29, 1.82) is 0 Å². The van der Waals surface area contributed by atoms with Crippen molar-refractivity contribution in [2.45, 2.75) is 19.8 Å². The standard InChI is InChI=1S/C8H16N2O3/c1-2-10-7(11)6-9-5-3-4-8(12)13/h9H,2-6H2,1H3,(H,10,11)(H,12,13). The minimum absolute atomic E-state index is 0.0576. The lowest BCUT2D eigenvalue weighted by atomic mass is 10.3. The first kappa shape index (κ1) is 11.9. The SMILES string of the molecule is CCNC(=O)CNCCCC(=O)O. The molecule has 5 heteroatoms. The Labute approximate surface area is 77.5 Å².